The van der Waals surface area contributed by atoms with E-state index in [0.717, 1.165) is 16.7 Å². The standard InChI is InChI=1S/C31H39N3O3Si/c1-30(2,3)36-29(35)34(22-24-16-14-23(21-32)15-17-24)27-20-26(18-19-33-27)28(25-12-10-9-11-13-25)37-38(7,8)31(4,5)6/h9-20,28H,22H2,1-8H3. The molecule has 3 aromatic rings. The molecule has 0 radical (unpaired) electrons. The Morgan fingerprint density at radius 1 is 0.974 bits per heavy atom. The smallest absolute Gasteiger partial charge is 0.416 e. The molecule has 3 rings (SSSR count). The zero-order valence-electron chi connectivity index (χ0n) is 23.8. The third-order valence-corrected chi connectivity index (χ3v) is 11.1. The summed E-state index contributed by atoms with van der Waals surface area (Å²) in [6.07, 6.45) is 0.911. The summed E-state index contributed by atoms with van der Waals surface area (Å²) >= 11 is 0. The Morgan fingerprint density at radius 3 is 2.16 bits per heavy atom. The highest BCUT2D eigenvalue weighted by Crippen LogP contribution is 2.42. The van der Waals surface area contributed by atoms with E-state index >= 15 is 0 Å². The predicted octanol–water partition coefficient (Wildman–Crippen LogP) is 8.01. The second-order valence-electron chi connectivity index (χ2n) is 12.0. The molecule has 0 aliphatic rings. The number of hydrogen-bond acceptors (Lipinski definition) is 5. The van der Waals surface area contributed by atoms with Crippen LogP contribution in [0.25, 0.3) is 0 Å². The number of ether oxygens (including phenoxy) is 1. The first-order valence-corrected chi connectivity index (χ1v) is 15.8. The average molecular weight is 530 g/mol. The van der Waals surface area contributed by atoms with Gasteiger partial charge in [0.25, 0.3) is 0 Å². The van der Waals surface area contributed by atoms with Crippen LogP contribution in [0.1, 0.15) is 69.9 Å². The van der Waals surface area contributed by atoms with Crippen molar-refractivity contribution in [1.29, 1.82) is 5.26 Å². The summed E-state index contributed by atoms with van der Waals surface area (Å²) in [5.41, 5.74) is 2.71. The lowest BCUT2D eigenvalue weighted by Crippen LogP contribution is -2.42. The lowest BCUT2D eigenvalue weighted by Gasteiger charge is -2.39. The number of amides is 1. The van der Waals surface area contributed by atoms with Crippen molar-refractivity contribution < 1.29 is 14.0 Å². The Labute approximate surface area is 228 Å². The van der Waals surface area contributed by atoms with E-state index in [4.69, 9.17) is 14.4 Å². The van der Waals surface area contributed by atoms with Crippen LogP contribution in [-0.4, -0.2) is 25.0 Å². The summed E-state index contributed by atoms with van der Waals surface area (Å²) < 4.78 is 12.7. The van der Waals surface area contributed by atoms with Crippen molar-refractivity contribution in [2.24, 2.45) is 0 Å². The maximum Gasteiger partial charge on any atom is 0.416 e. The quantitative estimate of drug-likeness (QED) is 0.290. The molecular formula is C31H39N3O3Si. The number of nitrogens with zero attached hydrogens (tertiary/aromatic N) is 3. The minimum absolute atomic E-state index is 0.0219. The summed E-state index contributed by atoms with van der Waals surface area (Å²) in [4.78, 5) is 19.5. The molecule has 0 fully saturated rings. The van der Waals surface area contributed by atoms with Gasteiger partial charge in [-0.2, -0.15) is 5.26 Å². The van der Waals surface area contributed by atoms with Crippen LogP contribution in [0, 0.1) is 11.3 Å². The number of benzene rings is 2. The van der Waals surface area contributed by atoms with Gasteiger partial charge in [-0.05, 0) is 79.9 Å². The van der Waals surface area contributed by atoms with Crippen LogP contribution in [-0.2, 0) is 15.7 Å². The fraction of sp³-hybridized carbons (Fsp3) is 0.387. The molecule has 6 nitrogen and oxygen atoms in total. The van der Waals surface area contributed by atoms with E-state index in [1.165, 1.54) is 4.90 Å². The summed E-state index contributed by atoms with van der Waals surface area (Å²) in [6, 6.07) is 23.3. The SMILES string of the molecule is CC(C)(C)OC(=O)N(Cc1ccc(C#N)cc1)c1cc(C(O[Si](C)(C)C(C)(C)C)c2ccccc2)ccn1. The Morgan fingerprint density at radius 2 is 1.61 bits per heavy atom. The molecule has 1 amide bonds. The van der Waals surface area contributed by atoms with Gasteiger partial charge in [0.2, 0.25) is 0 Å². The van der Waals surface area contributed by atoms with Crippen LogP contribution in [0.5, 0.6) is 0 Å². The normalized spacial score (nSPS) is 12.9. The van der Waals surface area contributed by atoms with Crippen molar-refractivity contribution >= 4 is 20.2 Å². The maximum atomic E-state index is 13.4. The van der Waals surface area contributed by atoms with Gasteiger partial charge in [0.1, 0.15) is 11.4 Å². The molecule has 0 N–H and O–H groups in total. The number of aromatic nitrogens is 1. The lowest BCUT2D eigenvalue weighted by atomic mass is 10.0. The number of anilines is 1. The monoisotopic (exact) mass is 529 g/mol. The number of carbonyl (C=O) groups is 1. The van der Waals surface area contributed by atoms with Crippen LogP contribution < -0.4 is 4.90 Å². The first-order valence-electron chi connectivity index (χ1n) is 12.9. The topological polar surface area (TPSA) is 75.5 Å². The van der Waals surface area contributed by atoms with Crippen molar-refractivity contribution in [2.45, 2.75) is 77.9 Å². The molecule has 7 heteroatoms. The van der Waals surface area contributed by atoms with E-state index in [2.05, 4.69) is 57.1 Å². The van der Waals surface area contributed by atoms with Crippen LogP contribution in [0.15, 0.2) is 72.9 Å². The van der Waals surface area contributed by atoms with Gasteiger partial charge in [0, 0.05) is 6.20 Å². The number of pyridine rings is 1. The Hall–Kier alpha value is -3.47. The molecule has 38 heavy (non-hydrogen) atoms. The summed E-state index contributed by atoms with van der Waals surface area (Å²) in [5, 5.41) is 9.18. The Kier molecular flexibility index (Phi) is 8.81. The van der Waals surface area contributed by atoms with E-state index in [-0.39, 0.29) is 17.7 Å². The minimum Gasteiger partial charge on any atom is -0.443 e. The molecule has 2 aromatic carbocycles. The molecule has 1 atom stereocenters. The zero-order valence-corrected chi connectivity index (χ0v) is 24.8. The highest BCUT2D eigenvalue weighted by molar-refractivity contribution is 6.74. The second-order valence-corrected chi connectivity index (χ2v) is 16.7. The minimum atomic E-state index is -2.15. The third kappa shape index (κ3) is 7.53. The van der Waals surface area contributed by atoms with Crippen LogP contribution in [0.2, 0.25) is 18.1 Å². The summed E-state index contributed by atoms with van der Waals surface area (Å²) in [6.45, 7) is 16.9. The van der Waals surface area contributed by atoms with Crippen LogP contribution in [0.3, 0.4) is 0 Å². The van der Waals surface area contributed by atoms with Gasteiger partial charge in [-0.3, -0.25) is 4.90 Å². The second kappa shape index (κ2) is 11.5. The average Bonchev–Trinajstić information content (AvgIpc) is 2.85. The first kappa shape index (κ1) is 29.1. The van der Waals surface area contributed by atoms with Gasteiger partial charge in [-0.25, -0.2) is 9.78 Å². The van der Waals surface area contributed by atoms with Gasteiger partial charge in [0.15, 0.2) is 8.32 Å². The number of hydrogen-bond donors (Lipinski definition) is 0. The van der Waals surface area contributed by atoms with Crippen molar-refractivity contribution in [3.05, 3.63) is 95.2 Å². The van der Waals surface area contributed by atoms with E-state index in [0.29, 0.717) is 11.4 Å². The van der Waals surface area contributed by atoms with Crippen molar-refractivity contribution in [1.82, 2.24) is 4.98 Å². The number of nitriles is 1. The van der Waals surface area contributed by atoms with Gasteiger partial charge in [-0.1, -0.05) is 63.2 Å². The molecular weight excluding hydrogens is 490 g/mol. The van der Waals surface area contributed by atoms with Gasteiger partial charge in [-0.15, -0.1) is 0 Å². The highest BCUT2D eigenvalue weighted by atomic mass is 28.4. The Balaban J connectivity index is 2.06. The first-order chi connectivity index (χ1) is 17.7. The van der Waals surface area contributed by atoms with Gasteiger partial charge >= 0.3 is 6.09 Å². The van der Waals surface area contributed by atoms with Crippen LogP contribution >= 0.6 is 0 Å². The molecule has 1 aromatic heterocycles. The maximum absolute atomic E-state index is 13.4. The molecule has 0 aliphatic heterocycles. The largest absolute Gasteiger partial charge is 0.443 e. The third-order valence-electron chi connectivity index (χ3n) is 6.71. The molecule has 1 heterocycles. The number of rotatable bonds is 7. The van der Waals surface area contributed by atoms with E-state index < -0.39 is 20.0 Å². The fourth-order valence-corrected chi connectivity index (χ4v) is 4.81. The highest BCUT2D eigenvalue weighted by Gasteiger charge is 2.40. The molecule has 0 bridgehead atoms. The molecule has 0 saturated heterocycles. The van der Waals surface area contributed by atoms with Gasteiger partial charge in [0.05, 0.1) is 24.3 Å². The number of carbonyl (C=O) groups excluding carboxylic acids is 1. The van der Waals surface area contributed by atoms with Crippen LogP contribution in [0.4, 0.5) is 10.6 Å². The zero-order chi connectivity index (χ0) is 28.1. The van der Waals surface area contributed by atoms with Gasteiger partial charge < -0.3 is 9.16 Å². The van der Waals surface area contributed by atoms with E-state index in [9.17, 15) is 4.79 Å². The summed E-state index contributed by atoms with van der Waals surface area (Å²) in [7, 11) is -2.15. The molecule has 0 spiro atoms. The van der Waals surface area contributed by atoms with E-state index in [1.54, 1.807) is 18.3 Å². The lowest BCUT2D eigenvalue weighted by molar-refractivity contribution is 0.0576. The molecule has 1 unspecified atom stereocenters. The molecule has 0 aliphatic carbocycles. The molecule has 0 saturated carbocycles. The fourth-order valence-electron chi connectivity index (χ4n) is 3.60. The Bertz CT molecular complexity index is 1270. The summed E-state index contributed by atoms with van der Waals surface area (Å²) in [5.74, 6) is 0.473. The van der Waals surface area contributed by atoms with Crippen molar-refractivity contribution in [3.8, 4) is 6.07 Å². The van der Waals surface area contributed by atoms with E-state index in [1.807, 2.05) is 63.2 Å². The molecule has 200 valence electrons. The predicted molar refractivity (Wildman–Crippen MR) is 154 cm³/mol. The van der Waals surface area contributed by atoms with Crippen molar-refractivity contribution in [2.75, 3.05) is 4.90 Å². The van der Waals surface area contributed by atoms with Crippen molar-refractivity contribution in [3.63, 3.8) is 0 Å².